The van der Waals surface area contributed by atoms with E-state index in [-0.39, 0.29) is 0 Å². The molecule has 0 aromatic heterocycles. The molecular formula is C20H38. The minimum Gasteiger partial charge on any atom is -0.0651 e. The van der Waals surface area contributed by atoms with Crippen molar-refractivity contribution in [2.75, 3.05) is 0 Å². The second kappa shape index (κ2) is 6.41. The van der Waals surface area contributed by atoms with Crippen LogP contribution < -0.4 is 0 Å². The molecule has 6 atom stereocenters. The maximum Gasteiger partial charge on any atom is -0.0295 e. The van der Waals surface area contributed by atoms with E-state index in [0.717, 1.165) is 35.5 Å². The van der Waals surface area contributed by atoms with Crippen molar-refractivity contribution in [2.45, 2.75) is 86.5 Å². The fourth-order valence-electron chi connectivity index (χ4n) is 5.62. The van der Waals surface area contributed by atoms with Crippen LogP contribution in [-0.4, -0.2) is 0 Å². The van der Waals surface area contributed by atoms with Crippen LogP contribution in [-0.2, 0) is 0 Å². The zero-order valence-electron chi connectivity index (χ0n) is 14.9. The van der Waals surface area contributed by atoms with Gasteiger partial charge in [-0.2, -0.15) is 0 Å². The molecule has 0 heteroatoms. The molecule has 0 aromatic rings. The lowest BCUT2D eigenvalue weighted by Crippen LogP contribution is -2.39. The Hall–Kier alpha value is 0. The van der Waals surface area contributed by atoms with E-state index in [9.17, 15) is 0 Å². The molecule has 2 fully saturated rings. The van der Waals surface area contributed by atoms with Crippen LogP contribution >= 0.6 is 0 Å². The van der Waals surface area contributed by atoms with Crippen molar-refractivity contribution in [3.05, 3.63) is 0 Å². The van der Waals surface area contributed by atoms with E-state index in [2.05, 4.69) is 41.5 Å². The molecule has 0 aliphatic heterocycles. The van der Waals surface area contributed by atoms with Crippen molar-refractivity contribution in [3.63, 3.8) is 0 Å². The second-order valence-electron chi connectivity index (χ2n) is 8.75. The third-order valence-electron chi connectivity index (χ3n) is 7.76. The molecule has 2 rings (SSSR count). The molecule has 2 aliphatic carbocycles. The summed E-state index contributed by atoms with van der Waals surface area (Å²) >= 11 is 0. The smallest absolute Gasteiger partial charge is 0.0295 e. The molecule has 0 spiro atoms. The van der Waals surface area contributed by atoms with E-state index in [0.29, 0.717) is 5.41 Å². The summed E-state index contributed by atoms with van der Waals surface area (Å²) in [5.41, 5.74) is 0.527. The monoisotopic (exact) mass is 278 g/mol. The molecule has 0 saturated heterocycles. The van der Waals surface area contributed by atoms with Crippen molar-refractivity contribution < 1.29 is 0 Å². The van der Waals surface area contributed by atoms with Crippen LogP contribution in [0.3, 0.4) is 0 Å². The van der Waals surface area contributed by atoms with Gasteiger partial charge < -0.3 is 0 Å². The molecule has 2 saturated carbocycles. The van der Waals surface area contributed by atoms with Crippen molar-refractivity contribution in [3.8, 4) is 0 Å². The fraction of sp³-hybridized carbons (Fsp3) is 1.00. The Morgan fingerprint density at radius 2 is 1.65 bits per heavy atom. The molecule has 0 heterocycles. The Labute approximate surface area is 128 Å². The molecule has 0 amide bonds. The van der Waals surface area contributed by atoms with Crippen LogP contribution in [0.5, 0.6) is 0 Å². The molecule has 6 unspecified atom stereocenters. The highest BCUT2D eigenvalue weighted by Gasteiger charge is 2.46. The van der Waals surface area contributed by atoms with E-state index in [1.807, 2.05) is 0 Å². The van der Waals surface area contributed by atoms with Crippen molar-refractivity contribution in [1.29, 1.82) is 0 Å². The Balaban J connectivity index is 2.21. The standard InChI is InChI=1S/C20H38/c1-7-14(2)15(3)19-13-12-17-10-8-9-11-18(17)16(4)20(19,5)6/h14-19H,7-13H2,1-6H3. The van der Waals surface area contributed by atoms with Gasteiger partial charge in [0.05, 0.1) is 0 Å². The Morgan fingerprint density at radius 3 is 2.30 bits per heavy atom. The summed E-state index contributed by atoms with van der Waals surface area (Å²) in [4.78, 5) is 0. The average Bonchev–Trinajstić information content (AvgIpc) is 2.54. The summed E-state index contributed by atoms with van der Waals surface area (Å²) in [5.74, 6) is 5.68. The molecule has 0 radical (unpaired) electrons. The zero-order chi connectivity index (χ0) is 14.9. The first kappa shape index (κ1) is 16.4. The largest absolute Gasteiger partial charge is 0.0651 e. The Morgan fingerprint density at radius 1 is 1.00 bits per heavy atom. The van der Waals surface area contributed by atoms with Crippen LogP contribution in [0.2, 0.25) is 0 Å². The Bertz CT molecular complexity index is 303. The predicted molar refractivity (Wildman–Crippen MR) is 89.7 cm³/mol. The molecule has 118 valence electrons. The zero-order valence-corrected chi connectivity index (χ0v) is 14.9. The predicted octanol–water partition coefficient (Wildman–Crippen LogP) is 6.55. The van der Waals surface area contributed by atoms with Crippen LogP contribution in [0.4, 0.5) is 0 Å². The van der Waals surface area contributed by atoms with Gasteiger partial charge in [0.2, 0.25) is 0 Å². The van der Waals surface area contributed by atoms with Crippen LogP contribution in [0.15, 0.2) is 0 Å². The molecule has 0 bridgehead atoms. The summed E-state index contributed by atoms with van der Waals surface area (Å²) in [7, 11) is 0. The van der Waals surface area contributed by atoms with Gasteiger partial charge in [-0.3, -0.25) is 0 Å². The van der Waals surface area contributed by atoms with Gasteiger partial charge in [0.15, 0.2) is 0 Å². The lowest BCUT2D eigenvalue weighted by Gasteiger charge is -2.46. The summed E-state index contributed by atoms with van der Waals surface area (Å²) in [6.45, 7) is 15.2. The van der Waals surface area contributed by atoms with Crippen molar-refractivity contribution >= 4 is 0 Å². The van der Waals surface area contributed by atoms with Gasteiger partial charge in [0.1, 0.15) is 0 Å². The number of rotatable bonds is 3. The lowest BCUT2D eigenvalue weighted by atomic mass is 9.59. The van der Waals surface area contributed by atoms with E-state index >= 15 is 0 Å². The van der Waals surface area contributed by atoms with Gasteiger partial charge >= 0.3 is 0 Å². The van der Waals surface area contributed by atoms with E-state index in [1.54, 1.807) is 0 Å². The molecule has 2 aliphatic rings. The minimum atomic E-state index is 0.527. The molecule has 0 nitrogen and oxygen atoms in total. The van der Waals surface area contributed by atoms with Gasteiger partial charge in [-0.15, -0.1) is 0 Å². The highest BCUT2D eigenvalue weighted by atomic mass is 14.5. The van der Waals surface area contributed by atoms with Crippen molar-refractivity contribution in [1.82, 2.24) is 0 Å². The first-order valence-corrected chi connectivity index (χ1v) is 9.39. The summed E-state index contributed by atoms with van der Waals surface area (Å²) < 4.78 is 0. The maximum atomic E-state index is 2.60. The molecule has 0 N–H and O–H groups in total. The number of fused-ring (bicyclic) bond motifs is 1. The third-order valence-corrected chi connectivity index (χ3v) is 7.76. The van der Waals surface area contributed by atoms with Gasteiger partial charge in [0.25, 0.3) is 0 Å². The van der Waals surface area contributed by atoms with Crippen LogP contribution in [0.1, 0.15) is 86.5 Å². The molecule has 20 heavy (non-hydrogen) atoms. The molecule has 0 aromatic carbocycles. The van der Waals surface area contributed by atoms with Gasteiger partial charge in [0, 0.05) is 0 Å². The van der Waals surface area contributed by atoms with E-state index in [4.69, 9.17) is 0 Å². The van der Waals surface area contributed by atoms with Crippen molar-refractivity contribution in [2.24, 2.45) is 40.9 Å². The minimum absolute atomic E-state index is 0.527. The lowest BCUT2D eigenvalue weighted by molar-refractivity contribution is 0.0283. The SMILES string of the molecule is CCC(C)C(C)C1CCC2CCCCC2C(C)C1(C)C. The van der Waals surface area contributed by atoms with Gasteiger partial charge in [-0.25, -0.2) is 0 Å². The third kappa shape index (κ3) is 2.95. The summed E-state index contributed by atoms with van der Waals surface area (Å²) in [6, 6.07) is 0. The maximum absolute atomic E-state index is 2.60. The van der Waals surface area contributed by atoms with Gasteiger partial charge in [-0.1, -0.05) is 67.2 Å². The van der Waals surface area contributed by atoms with Crippen LogP contribution in [0, 0.1) is 40.9 Å². The first-order valence-electron chi connectivity index (χ1n) is 9.39. The summed E-state index contributed by atoms with van der Waals surface area (Å²) in [5, 5.41) is 0. The number of hydrogen-bond donors (Lipinski definition) is 0. The first-order chi connectivity index (χ1) is 9.39. The van der Waals surface area contributed by atoms with E-state index in [1.165, 1.54) is 44.9 Å². The second-order valence-corrected chi connectivity index (χ2v) is 8.75. The van der Waals surface area contributed by atoms with Crippen LogP contribution in [0.25, 0.3) is 0 Å². The normalized spacial score (nSPS) is 40.5. The quantitative estimate of drug-likeness (QED) is 0.549. The average molecular weight is 279 g/mol. The topological polar surface area (TPSA) is 0 Å². The number of hydrogen-bond acceptors (Lipinski definition) is 0. The molecular weight excluding hydrogens is 240 g/mol. The fourth-order valence-corrected chi connectivity index (χ4v) is 5.62. The van der Waals surface area contributed by atoms with E-state index < -0.39 is 0 Å². The van der Waals surface area contributed by atoms with Gasteiger partial charge in [-0.05, 0) is 60.2 Å². The highest BCUT2D eigenvalue weighted by Crippen LogP contribution is 2.54. The Kier molecular flexibility index (Phi) is 5.24. The highest BCUT2D eigenvalue weighted by molar-refractivity contribution is 4.95. The summed E-state index contributed by atoms with van der Waals surface area (Å²) in [6.07, 6.45) is 10.4.